The Hall–Kier alpha value is 0.0300. The highest BCUT2D eigenvalue weighted by Crippen LogP contribution is 2.15. The molecule has 0 saturated heterocycles. The molecule has 0 aromatic rings. The van der Waals surface area contributed by atoms with Crippen LogP contribution in [0.1, 0.15) is 71.1 Å². The van der Waals surface area contributed by atoms with Crippen LogP contribution >= 0.6 is 11.6 Å². The van der Waals surface area contributed by atoms with E-state index in [1.807, 2.05) is 6.08 Å². The third-order valence-corrected chi connectivity index (χ3v) is 3.19. The van der Waals surface area contributed by atoms with E-state index in [4.69, 9.17) is 11.6 Å². The summed E-state index contributed by atoms with van der Waals surface area (Å²) in [5.74, 6) is 0. The first-order chi connectivity index (χ1) is 7.31. The minimum Gasteiger partial charge on any atom is -0.123 e. The first-order valence-corrected chi connectivity index (χ1v) is 6.99. The Labute approximate surface area is 101 Å². The molecular formula is C14H27Cl. The number of hydrogen-bond acceptors (Lipinski definition) is 0. The van der Waals surface area contributed by atoms with E-state index in [1.54, 1.807) is 0 Å². The molecule has 0 nitrogen and oxygen atoms in total. The summed E-state index contributed by atoms with van der Waals surface area (Å²) in [6.07, 6.45) is 15.4. The van der Waals surface area contributed by atoms with E-state index >= 15 is 0 Å². The van der Waals surface area contributed by atoms with Crippen LogP contribution in [0.5, 0.6) is 0 Å². The topological polar surface area (TPSA) is 0 Å². The average Bonchev–Trinajstić information content (AvgIpc) is 2.30. The molecule has 0 aromatic heterocycles. The third kappa shape index (κ3) is 12.0. The molecule has 90 valence electrons. The monoisotopic (exact) mass is 230 g/mol. The summed E-state index contributed by atoms with van der Waals surface area (Å²) in [5, 5.41) is 0.322. The molecule has 0 amide bonds. The SMILES string of the molecule is C1CCCCC1.C=CCC(Cl)CCCC. The molecule has 1 atom stereocenters. The quantitative estimate of drug-likeness (QED) is 0.420. The van der Waals surface area contributed by atoms with Gasteiger partial charge in [-0.25, -0.2) is 0 Å². The zero-order chi connectivity index (χ0) is 11.4. The molecule has 1 heteroatoms. The van der Waals surface area contributed by atoms with Crippen molar-refractivity contribution in [2.45, 2.75) is 76.5 Å². The smallest absolute Gasteiger partial charge is 0.0370 e. The van der Waals surface area contributed by atoms with Crippen molar-refractivity contribution >= 4 is 11.6 Å². The number of alkyl halides is 1. The lowest BCUT2D eigenvalue weighted by Crippen LogP contribution is -1.94. The van der Waals surface area contributed by atoms with Crippen LogP contribution in [-0.4, -0.2) is 5.38 Å². The standard InChI is InChI=1S/C8H15Cl.C6H12/c1-3-5-7-8(9)6-4-2;1-2-4-6-5-3-1/h4,8H,2-3,5-7H2,1H3;1-6H2. The molecule has 15 heavy (non-hydrogen) atoms. The molecule has 0 spiro atoms. The maximum atomic E-state index is 5.89. The van der Waals surface area contributed by atoms with Crippen LogP contribution < -0.4 is 0 Å². The van der Waals surface area contributed by atoms with Crippen molar-refractivity contribution in [3.8, 4) is 0 Å². The molecule has 0 radical (unpaired) electrons. The lowest BCUT2D eigenvalue weighted by Gasteiger charge is -2.05. The van der Waals surface area contributed by atoms with Crippen LogP contribution in [-0.2, 0) is 0 Å². The highest BCUT2D eigenvalue weighted by atomic mass is 35.5. The normalized spacial score (nSPS) is 17.5. The second-order valence-electron chi connectivity index (χ2n) is 4.39. The van der Waals surface area contributed by atoms with Gasteiger partial charge < -0.3 is 0 Å². The van der Waals surface area contributed by atoms with Gasteiger partial charge in [0.15, 0.2) is 0 Å². The van der Waals surface area contributed by atoms with Crippen LogP contribution in [0, 0.1) is 0 Å². The minimum absolute atomic E-state index is 0.322. The minimum atomic E-state index is 0.322. The van der Waals surface area contributed by atoms with Gasteiger partial charge in [0.1, 0.15) is 0 Å². The van der Waals surface area contributed by atoms with Crippen molar-refractivity contribution in [3.63, 3.8) is 0 Å². The molecule has 1 rings (SSSR count). The van der Waals surface area contributed by atoms with E-state index in [0.29, 0.717) is 5.38 Å². The molecule has 1 aliphatic carbocycles. The van der Waals surface area contributed by atoms with E-state index in [2.05, 4.69) is 13.5 Å². The van der Waals surface area contributed by atoms with Crippen molar-refractivity contribution in [2.24, 2.45) is 0 Å². The van der Waals surface area contributed by atoms with Gasteiger partial charge >= 0.3 is 0 Å². The molecule has 1 aliphatic rings. The summed E-state index contributed by atoms with van der Waals surface area (Å²) in [4.78, 5) is 0. The molecule has 1 fully saturated rings. The van der Waals surface area contributed by atoms with Crippen molar-refractivity contribution in [2.75, 3.05) is 0 Å². The van der Waals surface area contributed by atoms with Crippen LogP contribution in [0.25, 0.3) is 0 Å². The highest BCUT2D eigenvalue weighted by molar-refractivity contribution is 6.20. The second kappa shape index (κ2) is 12.1. The van der Waals surface area contributed by atoms with Gasteiger partial charge in [-0.15, -0.1) is 18.2 Å². The Kier molecular flexibility index (Phi) is 12.1. The van der Waals surface area contributed by atoms with E-state index in [0.717, 1.165) is 12.8 Å². The van der Waals surface area contributed by atoms with Gasteiger partial charge in [0.2, 0.25) is 0 Å². The summed E-state index contributed by atoms with van der Waals surface area (Å²) in [5.41, 5.74) is 0. The number of hydrogen-bond donors (Lipinski definition) is 0. The largest absolute Gasteiger partial charge is 0.123 e. The lowest BCUT2D eigenvalue weighted by atomic mass is 10.0. The van der Waals surface area contributed by atoms with Gasteiger partial charge in [0.05, 0.1) is 0 Å². The predicted molar refractivity (Wildman–Crippen MR) is 71.7 cm³/mol. The van der Waals surface area contributed by atoms with E-state index in [9.17, 15) is 0 Å². The van der Waals surface area contributed by atoms with Crippen LogP contribution in [0.4, 0.5) is 0 Å². The van der Waals surface area contributed by atoms with Gasteiger partial charge in [0, 0.05) is 5.38 Å². The molecule has 0 N–H and O–H groups in total. The Morgan fingerprint density at radius 2 is 1.60 bits per heavy atom. The fraction of sp³-hybridized carbons (Fsp3) is 0.857. The Balaban J connectivity index is 0.000000280. The van der Waals surface area contributed by atoms with Crippen LogP contribution in [0.3, 0.4) is 0 Å². The molecule has 1 saturated carbocycles. The van der Waals surface area contributed by atoms with Crippen molar-refractivity contribution in [1.29, 1.82) is 0 Å². The Bertz CT molecular complexity index is 116. The average molecular weight is 231 g/mol. The maximum Gasteiger partial charge on any atom is 0.0370 e. The van der Waals surface area contributed by atoms with Gasteiger partial charge in [-0.1, -0.05) is 64.4 Å². The van der Waals surface area contributed by atoms with E-state index < -0.39 is 0 Å². The van der Waals surface area contributed by atoms with Crippen LogP contribution in [0.15, 0.2) is 12.7 Å². The zero-order valence-corrected chi connectivity index (χ0v) is 11.1. The summed E-state index contributed by atoms with van der Waals surface area (Å²) >= 11 is 5.89. The summed E-state index contributed by atoms with van der Waals surface area (Å²) in [7, 11) is 0. The number of halogens is 1. The molecular weight excluding hydrogens is 204 g/mol. The molecule has 0 aliphatic heterocycles. The summed E-state index contributed by atoms with van der Waals surface area (Å²) in [6.45, 7) is 5.80. The first-order valence-electron chi connectivity index (χ1n) is 6.56. The molecule has 0 heterocycles. The van der Waals surface area contributed by atoms with Gasteiger partial charge in [-0.2, -0.15) is 0 Å². The second-order valence-corrected chi connectivity index (χ2v) is 5.00. The number of rotatable bonds is 5. The predicted octanol–water partition coefficient (Wildman–Crippen LogP) is 5.70. The van der Waals surface area contributed by atoms with E-state index in [-0.39, 0.29) is 0 Å². The first kappa shape index (κ1) is 15.0. The van der Waals surface area contributed by atoms with E-state index in [1.165, 1.54) is 51.4 Å². The molecule has 0 bridgehead atoms. The Morgan fingerprint density at radius 1 is 1.13 bits per heavy atom. The van der Waals surface area contributed by atoms with Crippen molar-refractivity contribution in [3.05, 3.63) is 12.7 Å². The van der Waals surface area contributed by atoms with Gasteiger partial charge in [-0.05, 0) is 12.8 Å². The van der Waals surface area contributed by atoms with Gasteiger partial charge in [-0.3, -0.25) is 0 Å². The van der Waals surface area contributed by atoms with Crippen LogP contribution in [0.2, 0.25) is 0 Å². The molecule has 1 unspecified atom stereocenters. The highest BCUT2D eigenvalue weighted by Gasteiger charge is 1.98. The maximum absolute atomic E-state index is 5.89. The summed E-state index contributed by atoms with van der Waals surface area (Å²) in [6, 6.07) is 0. The summed E-state index contributed by atoms with van der Waals surface area (Å²) < 4.78 is 0. The van der Waals surface area contributed by atoms with Gasteiger partial charge in [0.25, 0.3) is 0 Å². The fourth-order valence-corrected chi connectivity index (χ4v) is 2.07. The van der Waals surface area contributed by atoms with Crippen molar-refractivity contribution < 1.29 is 0 Å². The fourth-order valence-electron chi connectivity index (χ4n) is 1.78. The molecule has 0 aromatic carbocycles. The zero-order valence-electron chi connectivity index (χ0n) is 10.3. The third-order valence-electron chi connectivity index (χ3n) is 2.79. The lowest BCUT2D eigenvalue weighted by molar-refractivity contribution is 0.504. The number of unbranched alkanes of at least 4 members (excludes halogenated alkanes) is 1. The Morgan fingerprint density at radius 3 is 1.93 bits per heavy atom. The number of allylic oxidation sites excluding steroid dienone is 1. The van der Waals surface area contributed by atoms with Crippen molar-refractivity contribution in [1.82, 2.24) is 0 Å².